The van der Waals surface area contributed by atoms with Crippen LogP contribution in [0.1, 0.15) is 24.2 Å². The van der Waals surface area contributed by atoms with Gasteiger partial charge in [0.1, 0.15) is 0 Å². The molecular weight excluding hydrogens is 266 g/mol. The number of hydrogen-bond acceptors (Lipinski definition) is 4. The number of hydrogen-bond donors (Lipinski definition) is 1. The van der Waals surface area contributed by atoms with Gasteiger partial charge in [0.25, 0.3) is 0 Å². The average Bonchev–Trinajstić information content (AvgIpc) is 2.39. The monoisotopic (exact) mass is 285 g/mol. The second-order valence-corrected chi connectivity index (χ2v) is 5.04. The smallest absolute Gasteiger partial charge is 0.337 e. The average molecular weight is 286 g/mol. The Hall–Kier alpha value is -1.26. The first kappa shape index (κ1) is 15.8. The van der Waals surface area contributed by atoms with Gasteiger partial charge in [0.2, 0.25) is 0 Å². The minimum Gasteiger partial charge on any atom is -0.465 e. The molecule has 1 rings (SSSR count). The Morgan fingerprint density at radius 3 is 2.58 bits per heavy atom. The van der Waals surface area contributed by atoms with Crippen molar-refractivity contribution in [2.24, 2.45) is 5.92 Å². The van der Waals surface area contributed by atoms with Gasteiger partial charge in [-0.25, -0.2) is 4.79 Å². The Morgan fingerprint density at radius 1 is 1.37 bits per heavy atom. The van der Waals surface area contributed by atoms with Crippen molar-refractivity contribution >= 4 is 23.3 Å². The summed E-state index contributed by atoms with van der Waals surface area (Å²) in [5.41, 5.74) is 1.18. The van der Waals surface area contributed by atoms with E-state index in [2.05, 4.69) is 19.2 Å². The summed E-state index contributed by atoms with van der Waals surface area (Å²) in [5.74, 6) is -0.00893. The highest BCUT2D eigenvalue weighted by Gasteiger charge is 2.16. The van der Waals surface area contributed by atoms with Gasteiger partial charge in [0, 0.05) is 7.11 Å². The molecule has 4 nitrogen and oxygen atoms in total. The van der Waals surface area contributed by atoms with Crippen LogP contribution < -0.4 is 5.32 Å². The van der Waals surface area contributed by atoms with E-state index in [0.29, 0.717) is 28.8 Å². The fraction of sp³-hybridized carbons (Fsp3) is 0.500. The second-order valence-electron chi connectivity index (χ2n) is 4.64. The SMILES string of the molecule is COCC(Nc1cc(C(=O)OC)ccc1Cl)C(C)C. The van der Waals surface area contributed by atoms with E-state index < -0.39 is 0 Å². The number of ether oxygens (including phenoxy) is 2. The molecule has 0 saturated heterocycles. The van der Waals surface area contributed by atoms with Crippen LogP contribution in [0.3, 0.4) is 0 Å². The molecule has 0 radical (unpaired) electrons. The van der Waals surface area contributed by atoms with Gasteiger partial charge in [-0.1, -0.05) is 25.4 Å². The molecule has 0 spiro atoms. The lowest BCUT2D eigenvalue weighted by Crippen LogP contribution is -2.30. The van der Waals surface area contributed by atoms with Crippen molar-refractivity contribution in [3.05, 3.63) is 28.8 Å². The molecule has 1 aromatic rings. The summed E-state index contributed by atoms with van der Waals surface area (Å²) < 4.78 is 9.88. The number of methoxy groups -OCH3 is 2. The van der Waals surface area contributed by atoms with E-state index in [1.165, 1.54) is 7.11 Å². The summed E-state index contributed by atoms with van der Waals surface area (Å²) >= 11 is 6.14. The van der Waals surface area contributed by atoms with E-state index in [0.717, 1.165) is 0 Å². The number of benzene rings is 1. The zero-order valence-corrected chi connectivity index (χ0v) is 12.5. The zero-order chi connectivity index (χ0) is 14.4. The van der Waals surface area contributed by atoms with Gasteiger partial charge in [-0.15, -0.1) is 0 Å². The van der Waals surface area contributed by atoms with Crippen LogP contribution in [0.2, 0.25) is 5.02 Å². The number of rotatable bonds is 6. The highest BCUT2D eigenvalue weighted by molar-refractivity contribution is 6.33. The van der Waals surface area contributed by atoms with E-state index >= 15 is 0 Å². The minimum absolute atomic E-state index is 0.121. The first-order valence-electron chi connectivity index (χ1n) is 6.13. The molecule has 19 heavy (non-hydrogen) atoms. The number of nitrogens with one attached hydrogen (secondary N) is 1. The van der Waals surface area contributed by atoms with Gasteiger partial charge < -0.3 is 14.8 Å². The molecule has 0 aromatic heterocycles. The molecule has 0 heterocycles. The lowest BCUT2D eigenvalue weighted by Gasteiger charge is -2.23. The maximum absolute atomic E-state index is 11.5. The maximum atomic E-state index is 11.5. The van der Waals surface area contributed by atoms with Crippen LogP contribution in [-0.2, 0) is 9.47 Å². The van der Waals surface area contributed by atoms with Crippen LogP contribution in [0.15, 0.2) is 18.2 Å². The van der Waals surface area contributed by atoms with Crippen molar-refractivity contribution in [1.82, 2.24) is 0 Å². The fourth-order valence-corrected chi connectivity index (χ4v) is 1.83. The summed E-state index contributed by atoms with van der Waals surface area (Å²) in [7, 11) is 3.01. The minimum atomic E-state index is -0.382. The number of esters is 1. The number of anilines is 1. The lowest BCUT2D eigenvalue weighted by molar-refractivity contribution is 0.0601. The molecule has 0 aliphatic heterocycles. The Labute approximate surface area is 119 Å². The quantitative estimate of drug-likeness (QED) is 0.816. The van der Waals surface area contributed by atoms with E-state index in [1.807, 2.05) is 0 Å². The van der Waals surface area contributed by atoms with Crippen molar-refractivity contribution in [2.45, 2.75) is 19.9 Å². The number of carbonyl (C=O) groups excluding carboxylic acids is 1. The molecule has 0 fully saturated rings. The first-order chi connectivity index (χ1) is 8.99. The van der Waals surface area contributed by atoms with Crippen molar-refractivity contribution in [3.63, 3.8) is 0 Å². The number of halogens is 1. The summed E-state index contributed by atoms with van der Waals surface area (Å²) in [6.45, 7) is 4.75. The molecule has 1 atom stereocenters. The Balaban J connectivity index is 2.95. The molecule has 0 aliphatic rings. The third-order valence-corrected chi connectivity index (χ3v) is 3.21. The normalized spacial score (nSPS) is 12.3. The summed E-state index contributed by atoms with van der Waals surface area (Å²) in [4.78, 5) is 11.5. The first-order valence-corrected chi connectivity index (χ1v) is 6.50. The lowest BCUT2D eigenvalue weighted by atomic mass is 10.0. The van der Waals surface area contributed by atoms with Gasteiger partial charge in [0.05, 0.1) is 36.0 Å². The standard InChI is InChI=1S/C14H20ClNO3/c1-9(2)13(8-18-3)16-12-7-10(14(17)19-4)5-6-11(12)15/h5-7,9,13,16H,8H2,1-4H3. The van der Waals surface area contributed by atoms with Crippen LogP contribution in [-0.4, -0.2) is 32.8 Å². The van der Waals surface area contributed by atoms with Gasteiger partial charge in [-0.05, 0) is 24.1 Å². The van der Waals surface area contributed by atoms with E-state index in [-0.39, 0.29) is 12.0 Å². The van der Waals surface area contributed by atoms with Gasteiger partial charge >= 0.3 is 5.97 Å². The van der Waals surface area contributed by atoms with Crippen LogP contribution in [0, 0.1) is 5.92 Å². The van der Waals surface area contributed by atoms with Crippen LogP contribution in [0.5, 0.6) is 0 Å². The molecule has 0 amide bonds. The summed E-state index contributed by atoms with van der Waals surface area (Å²) in [5, 5.41) is 3.87. The Kier molecular flexibility index (Phi) is 6.12. The zero-order valence-electron chi connectivity index (χ0n) is 11.7. The van der Waals surface area contributed by atoms with Gasteiger partial charge in [0.15, 0.2) is 0 Å². The van der Waals surface area contributed by atoms with Crippen molar-refractivity contribution in [3.8, 4) is 0 Å². The van der Waals surface area contributed by atoms with Gasteiger partial charge in [-0.3, -0.25) is 0 Å². The van der Waals surface area contributed by atoms with Crippen molar-refractivity contribution in [1.29, 1.82) is 0 Å². The van der Waals surface area contributed by atoms with E-state index in [1.54, 1.807) is 25.3 Å². The van der Waals surface area contributed by atoms with E-state index in [4.69, 9.17) is 21.1 Å². The summed E-state index contributed by atoms with van der Waals surface area (Å²) in [6, 6.07) is 5.13. The molecule has 5 heteroatoms. The third kappa shape index (κ3) is 4.40. The largest absolute Gasteiger partial charge is 0.465 e. The Morgan fingerprint density at radius 2 is 2.05 bits per heavy atom. The molecule has 1 aromatic carbocycles. The van der Waals surface area contributed by atoms with Crippen molar-refractivity contribution < 1.29 is 14.3 Å². The molecular formula is C14H20ClNO3. The molecule has 0 bridgehead atoms. The molecule has 106 valence electrons. The van der Waals surface area contributed by atoms with E-state index in [9.17, 15) is 4.79 Å². The predicted molar refractivity (Wildman–Crippen MR) is 76.9 cm³/mol. The fourth-order valence-electron chi connectivity index (χ4n) is 1.66. The maximum Gasteiger partial charge on any atom is 0.337 e. The topological polar surface area (TPSA) is 47.6 Å². The summed E-state index contributed by atoms with van der Waals surface area (Å²) in [6.07, 6.45) is 0. The predicted octanol–water partition coefficient (Wildman–Crippen LogP) is 3.21. The van der Waals surface area contributed by atoms with Crippen LogP contribution in [0.25, 0.3) is 0 Å². The van der Waals surface area contributed by atoms with Gasteiger partial charge in [-0.2, -0.15) is 0 Å². The third-order valence-electron chi connectivity index (χ3n) is 2.88. The molecule has 0 saturated carbocycles. The Bertz CT molecular complexity index is 435. The molecule has 0 aliphatic carbocycles. The number of carbonyl (C=O) groups is 1. The highest BCUT2D eigenvalue weighted by Crippen LogP contribution is 2.25. The van der Waals surface area contributed by atoms with Crippen LogP contribution in [0.4, 0.5) is 5.69 Å². The highest BCUT2D eigenvalue weighted by atomic mass is 35.5. The van der Waals surface area contributed by atoms with Crippen molar-refractivity contribution in [2.75, 3.05) is 26.1 Å². The molecule has 1 N–H and O–H groups in total. The second kappa shape index (κ2) is 7.36. The molecule has 1 unspecified atom stereocenters. The van der Waals surface area contributed by atoms with Crippen LogP contribution >= 0.6 is 11.6 Å².